The highest BCUT2D eigenvalue weighted by molar-refractivity contribution is 7.98. The first-order valence-corrected chi connectivity index (χ1v) is 10.7. The number of carbonyl (C=O) groups excluding carboxylic acids is 1. The summed E-state index contributed by atoms with van der Waals surface area (Å²) in [5.74, 6) is 0.960. The smallest absolute Gasteiger partial charge is 0.295 e. The topological polar surface area (TPSA) is 82.1 Å². The van der Waals surface area contributed by atoms with Crippen LogP contribution in [0.5, 0.6) is 0 Å². The number of nitrogens with zero attached hydrogens (tertiary/aromatic N) is 3. The molecule has 0 radical (unpaired) electrons. The summed E-state index contributed by atoms with van der Waals surface area (Å²) in [6.45, 7) is 3.67. The molecule has 0 spiro atoms. The number of carbonyl (C=O) groups is 1. The third kappa shape index (κ3) is 4.20. The lowest BCUT2D eigenvalue weighted by Gasteiger charge is -2.09. The van der Waals surface area contributed by atoms with E-state index < -0.39 is 0 Å². The first kappa shape index (κ1) is 20.7. The van der Waals surface area contributed by atoms with Crippen LogP contribution < -0.4 is 10.9 Å². The number of anilines is 1. The molecule has 1 amide bonds. The third-order valence-electron chi connectivity index (χ3n) is 4.97. The van der Waals surface area contributed by atoms with Crippen LogP contribution in [0.3, 0.4) is 0 Å². The predicted molar refractivity (Wildman–Crippen MR) is 121 cm³/mol. The molecule has 0 saturated heterocycles. The lowest BCUT2D eigenvalue weighted by atomic mass is 10.2. The summed E-state index contributed by atoms with van der Waals surface area (Å²) in [5, 5.41) is 6.72. The maximum absolute atomic E-state index is 13.1. The average Bonchev–Trinajstić information content (AvgIpc) is 3.29. The van der Waals surface area contributed by atoms with Crippen LogP contribution in [0.25, 0.3) is 5.69 Å². The van der Waals surface area contributed by atoms with Gasteiger partial charge in [-0.1, -0.05) is 35.5 Å². The van der Waals surface area contributed by atoms with Crippen LogP contribution in [-0.4, -0.2) is 20.4 Å². The predicted octanol–water partition coefficient (Wildman–Crippen LogP) is 4.33. The number of hydrogen-bond acceptors (Lipinski definition) is 5. The van der Waals surface area contributed by atoms with Crippen LogP contribution in [0.15, 0.2) is 74.9 Å². The Morgan fingerprint density at radius 2 is 1.81 bits per heavy atom. The van der Waals surface area contributed by atoms with Gasteiger partial charge in [0.15, 0.2) is 0 Å². The van der Waals surface area contributed by atoms with Crippen molar-refractivity contribution in [1.29, 1.82) is 0 Å². The van der Waals surface area contributed by atoms with Gasteiger partial charge in [-0.15, -0.1) is 11.8 Å². The molecule has 4 rings (SSSR count). The van der Waals surface area contributed by atoms with Crippen molar-refractivity contribution in [2.75, 3.05) is 5.32 Å². The van der Waals surface area contributed by atoms with Gasteiger partial charge in [-0.05, 0) is 38.1 Å². The van der Waals surface area contributed by atoms with Gasteiger partial charge < -0.3 is 9.84 Å². The van der Waals surface area contributed by atoms with Crippen LogP contribution in [0.2, 0.25) is 0 Å². The summed E-state index contributed by atoms with van der Waals surface area (Å²) in [5.41, 5.74) is 2.71. The van der Waals surface area contributed by atoms with E-state index in [1.807, 2.05) is 62.4 Å². The van der Waals surface area contributed by atoms with Gasteiger partial charge in [-0.2, -0.15) is 0 Å². The van der Waals surface area contributed by atoms with Gasteiger partial charge in [0, 0.05) is 18.0 Å². The highest BCUT2D eigenvalue weighted by atomic mass is 32.2. The molecule has 2 aromatic carbocycles. The molecule has 0 fully saturated rings. The fourth-order valence-electron chi connectivity index (χ4n) is 3.31. The number of amides is 1. The number of para-hydroxylation sites is 1. The van der Waals surface area contributed by atoms with Crippen molar-refractivity contribution in [1.82, 2.24) is 14.5 Å². The minimum Gasteiger partial charge on any atom is -0.360 e. The van der Waals surface area contributed by atoms with Gasteiger partial charge in [-0.25, -0.2) is 4.68 Å². The van der Waals surface area contributed by atoms with E-state index in [2.05, 4.69) is 10.5 Å². The Morgan fingerprint density at radius 1 is 1.10 bits per heavy atom. The van der Waals surface area contributed by atoms with Crippen LogP contribution in [-0.2, 0) is 12.8 Å². The molecule has 0 unspecified atom stereocenters. The normalized spacial score (nSPS) is 10.9. The molecular formula is C23H22N4O3S. The Hall–Kier alpha value is -3.52. The van der Waals surface area contributed by atoms with Crippen LogP contribution in [0.4, 0.5) is 5.69 Å². The van der Waals surface area contributed by atoms with Crippen molar-refractivity contribution < 1.29 is 9.32 Å². The summed E-state index contributed by atoms with van der Waals surface area (Å²) in [4.78, 5) is 27.0. The summed E-state index contributed by atoms with van der Waals surface area (Å²) < 4.78 is 8.53. The first-order valence-electron chi connectivity index (χ1n) is 9.75. The zero-order valence-corrected chi connectivity index (χ0v) is 18.3. The molecule has 4 aromatic rings. The number of aryl methyl sites for hydroxylation is 1. The van der Waals surface area contributed by atoms with Crippen molar-refractivity contribution in [2.45, 2.75) is 24.5 Å². The molecule has 2 aromatic heterocycles. The minimum atomic E-state index is -0.331. The van der Waals surface area contributed by atoms with Crippen molar-refractivity contribution in [3.8, 4) is 5.69 Å². The van der Waals surface area contributed by atoms with Gasteiger partial charge >= 0.3 is 0 Å². The van der Waals surface area contributed by atoms with Crippen LogP contribution >= 0.6 is 11.8 Å². The molecule has 0 saturated carbocycles. The van der Waals surface area contributed by atoms with E-state index in [9.17, 15) is 9.59 Å². The standard InChI is InChI=1S/C23H22N4O3S/c1-15-13-18(30-25-15)14-31-20-12-8-7-11-19(20)22(28)24-21-16(2)26(3)27(23(21)29)17-9-5-4-6-10-17/h4-13H,14H2,1-3H3,(H,24,28). The fourth-order valence-corrected chi connectivity index (χ4v) is 4.23. The first-order chi connectivity index (χ1) is 15.0. The van der Waals surface area contributed by atoms with Gasteiger partial charge in [0.2, 0.25) is 0 Å². The summed E-state index contributed by atoms with van der Waals surface area (Å²) >= 11 is 1.48. The van der Waals surface area contributed by atoms with Gasteiger partial charge in [0.25, 0.3) is 11.5 Å². The SMILES string of the molecule is Cc1cc(CSc2ccccc2C(=O)Nc2c(C)n(C)n(-c3ccccc3)c2=O)on1. The molecule has 7 nitrogen and oxygen atoms in total. The Bertz CT molecular complexity index is 1290. The van der Waals surface area contributed by atoms with E-state index in [1.54, 1.807) is 23.9 Å². The molecule has 31 heavy (non-hydrogen) atoms. The van der Waals surface area contributed by atoms with Crippen LogP contribution in [0.1, 0.15) is 27.5 Å². The van der Waals surface area contributed by atoms with E-state index >= 15 is 0 Å². The molecule has 2 heterocycles. The zero-order chi connectivity index (χ0) is 22.0. The monoisotopic (exact) mass is 434 g/mol. The molecule has 0 aliphatic heterocycles. The number of thioether (sulfide) groups is 1. The second-order valence-corrected chi connectivity index (χ2v) is 8.13. The largest absolute Gasteiger partial charge is 0.360 e. The highest BCUT2D eigenvalue weighted by Gasteiger charge is 2.20. The maximum Gasteiger partial charge on any atom is 0.295 e. The maximum atomic E-state index is 13.1. The molecule has 0 atom stereocenters. The van der Waals surface area contributed by atoms with E-state index in [0.717, 1.165) is 22.0 Å². The molecule has 0 aliphatic carbocycles. The number of nitrogens with one attached hydrogen (secondary N) is 1. The molecule has 0 bridgehead atoms. The second-order valence-electron chi connectivity index (χ2n) is 7.11. The third-order valence-corrected chi connectivity index (χ3v) is 6.07. The number of aromatic nitrogens is 3. The Morgan fingerprint density at radius 3 is 2.52 bits per heavy atom. The van der Waals surface area contributed by atoms with Crippen molar-refractivity contribution >= 4 is 23.4 Å². The molecule has 1 N–H and O–H groups in total. The van der Waals surface area contributed by atoms with Gasteiger partial charge in [-0.3, -0.25) is 14.3 Å². The summed E-state index contributed by atoms with van der Waals surface area (Å²) in [6, 6.07) is 18.5. The lowest BCUT2D eigenvalue weighted by Crippen LogP contribution is -2.23. The highest BCUT2D eigenvalue weighted by Crippen LogP contribution is 2.27. The molecule has 0 aliphatic rings. The van der Waals surface area contributed by atoms with Crippen molar-refractivity contribution in [2.24, 2.45) is 7.05 Å². The second kappa shape index (κ2) is 8.69. The number of benzene rings is 2. The summed E-state index contributed by atoms with van der Waals surface area (Å²) in [7, 11) is 1.79. The van der Waals surface area contributed by atoms with Gasteiger partial charge in [0.1, 0.15) is 11.4 Å². The number of hydrogen-bond donors (Lipinski definition) is 1. The molecular weight excluding hydrogens is 412 g/mol. The lowest BCUT2D eigenvalue weighted by molar-refractivity contribution is 0.102. The Balaban J connectivity index is 1.60. The Kier molecular flexibility index (Phi) is 5.81. The van der Waals surface area contributed by atoms with Crippen molar-refractivity contribution in [3.05, 3.63) is 93.7 Å². The minimum absolute atomic E-state index is 0.266. The number of rotatable bonds is 6. The fraction of sp³-hybridized carbons (Fsp3) is 0.174. The van der Waals surface area contributed by atoms with E-state index in [1.165, 1.54) is 16.4 Å². The average molecular weight is 435 g/mol. The van der Waals surface area contributed by atoms with E-state index in [4.69, 9.17) is 4.52 Å². The summed E-state index contributed by atoms with van der Waals surface area (Å²) in [6.07, 6.45) is 0. The molecule has 8 heteroatoms. The quantitative estimate of drug-likeness (QED) is 0.457. The van der Waals surface area contributed by atoms with Crippen LogP contribution in [0, 0.1) is 13.8 Å². The van der Waals surface area contributed by atoms with Crippen molar-refractivity contribution in [3.63, 3.8) is 0 Å². The van der Waals surface area contributed by atoms with Gasteiger partial charge in [0.05, 0.1) is 28.4 Å². The zero-order valence-electron chi connectivity index (χ0n) is 17.5. The molecule has 158 valence electrons. The van der Waals surface area contributed by atoms with E-state index in [-0.39, 0.29) is 17.2 Å². The Labute approximate surface area is 183 Å². The van der Waals surface area contributed by atoms with E-state index in [0.29, 0.717) is 17.0 Å².